The van der Waals surface area contributed by atoms with Gasteiger partial charge in [0.25, 0.3) is 0 Å². The molecule has 0 radical (unpaired) electrons. The van der Waals surface area contributed by atoms with Gasteiger partial charge in [0.15, 0.2) is 5.60 Å². The molecule has 1 aliphatic carbocycles. The number of hydrogen-bond donors (Lipinski definition) is 3. The van der Waals surface area contributed by atoms with E-state index in [9.17, 15) is 10.2 Å². The van der Waals surface area contributed by atoms with Crippen molar-refractivity contribution in [3.63, 3.8) is 0 Å². The summed E-state index contributed by atoms with van der Waals surface area (Å²) in [6.07, 6.45) is 8.75. The fourth-order valence-corrected chi connectivity index (χ4v) is 5.84. The minimum absolute atomic E-state index is 0.136. The molecule has 0 saturated heterocycles. The Morgan fingerprint density at radius 1 is 1.30 bits per heavy atom. The summed E-state index contributed by atoms with van der Waals surface area (Å²) in [4.78, 5) is 4.25. The summed E-state index contributed by atoms with van der Waals surface area (Å²) in [5, 5.41) is 23.3. The number of nitrogens with two attached hydrogens (primary N) is 1. The van der Waals surface area contributed by atoms with Gasteiger partial charge in [0, 0.05) is 28.8 Å². The fraction of sp³-hybridized carbons (Fsp3) is 0.346. The van der Waals surface area contributed by atoms with E-state index in [1.54, 1.807) is 12.4 Å². The molecule has 1 unspecified atom stereocenters. The summed E-state index contributed by atoms with van der Waals surface area (Å²) >= 11 is 3.50. The van der Waals surface area contributed by atoms with Crippen LogP contribution in [0.25, 0.3) is 0 Å². The number of allylic oxidation sites excluding steroid dienone is 3. The molecule has 2 aromatic rings. The molecule has 0 amide bonds. The Hall–Kier alpha value is -2.45. The van der Waals surface area contributed by atoms with Crippen LogP contribution in [-0.4, -0.2) is 41.1 Å². The van der Waals surface area contributed by atoms with Crippen LogP contribution in [0.5, 0.6) is 11.5 Å². The number of aromatic nitrogens is 1. The van der Waals surface area contributed by atoms with Crippen molar-refractivity contribution in [3.05, 3.63) is 88.7 Å². The highest BCUT2D eigenvalue weighted by Crippen LogP contribution is 2.69. The molecule has 33 heavy (non-hydrogen) atoms. The van der Waals surface area contributed by atoms with E-state index in [0.29, 0.717) is 22.6 Å². The van der Waals surface area contributed by atoms with Gasteiger partial charge in [-0.25, -0.2) is 0 Å². The second-order valence-corrected chi connectivity index (χ2v) is 9.34. The maximum absolute atomic E-state index is 12.7. The third kappa shape index (κ3) is 3.29. The van der Waals surface area contributed by atoms with Crippen molar-refractivity contribution in [2.75, 3.05) is 20.3 Å². The van der Waals surface area contributed by atoms with Crippen molar-refractivity contribution < 1.29 is 19.7 Å². The van der Waals surface area contributed by atoms with E-state index in [-0.39, 0.29) is 19.1 Å². The molecular formula is C26H29BrN2O4. The Balaban J connectivity index is 2.05. The molecular weight excluding hydrogens is 484 g/mol. The van der Waals surface area contributed by atoms with E-state index in [2.05, 4.69) is 27.5 Å². The SMILES string of the molecule is C=C(/C=C\C(Br)=C/C)[C@@]12Oc3cncc(OC)c3[C@]1(O)C(CN)[C@H](CO)[C@H]2c1ccccc1. The molecule has 0 spiro atoms. The summed E-state index contributed by atoms with van der Waals surface area (Å²) < 4.78 is 13.1. The Morgan fingerprint density at radius 3 is 2.64 bits per heavy atom. The van der Waals surface area contributed by atoms with Crippen LogP contribution < -0.4 is 15.2 Å². The van der Waals surface area contributed by atoms with Gasteiger partial charge in [0.1, 0.15) is 17.1 Å². The molecule has 1 aromatic carbocycles. The van der Waals surface area contributed by atoms with E-state index in [4.69, 9.17) is 15.2 Å². The average Bonchev–Trinajstić information content (AvgIpc) is 3.24. The molecule has 7 heteroatoms. The Bertz CT molecular complexity index is 1100. The molecule has 1 aliphatic heterocycles. The smallest absolute Gasteiger partial charge is 0.174 e. The molecule has 0 bridgehead atoms. The highest BCUT2D eigenvalue weighted by Gasteiger charge is 2.76. The van der Waals surface area contributed by atoms with Crippen LogP contribution in [0.15, 0.2) is 77.6 Å². The van der Waals surface area contributed by atoms with Crippen LogP contribution in [-0.2, 0) is 5.60 Å². The van der Waals surface area contributed by atoms with Gasteiger partial charge in [-0.15, -0.1) is 0 Å². The summed E-state index contributed by atoms with van der Waals surface area (Å²) in [5.74, 6) is -0.510. The molecule has 5 atom stereocenters. The second-order valence-electron chi connectivity index (χ2n) is 8.43. The Labute approximate surface area is 202 Å². The molecule has 4 rings (SSSR count). The minimum atomic E-state index is -1.61. The van der Waals surface area contributed by atoms with E-state index >= 15 is 0 Å². The topological polar surface area (TPSA) is 97.8 Å². The van der Waals surface area contributed by atoms with Gasteiger partial charge < -0.3 is 25.4 Å². The van der Waals surface area contributed by atoms with Crippen LogP contribution in [0.3, 0.4) is 0 Å². The lowest BCUT2D eigenvalue weighted by Gasteiger charge is -2.42. The molecule has 1 aromatic heterocycles. The first-order chi connectivity index (χ1) is 15.9. The van der Waals surface area contributed by atoms with Crippen molar-refractivity contribution >= 4 is 15.9 Å². The van der Waals surface area contributed by atoms with Gasteiger partial charge in [-0.05, 0) is 30.7 Å². The standard InChI is InChI=1S/C26H29BrN2O4/c1-4-18(27)11-10-16(2)26-23(17-8-6-5-7-9-17)19(15-30)20(12-28)25(26,31)24-21(32-3)13-29-14-22(24)33-26/h4-11,13-14,19-20,23,30-31H,2,12,15,28H2,1,3H3/b11-10-,18-4+/t19-,20?,23+,25+,26-/m0/s1. The summed E-state index contributed by atoms with van der Waals surface area (Å²) in [6.45, 7) is 6.25. The third-order valence-corrected chi connectivity index (χ3v) is 7.78. The number of halogens is 1. The number of fused-ring (bicyclic) bond motifs is 3. The van der Waals surface area contributed by atoms with E-state index < -0.39 is 23.0 Å². The summed E-state index contributed by atoms with van der Waals surface area (Å²) in [7, 11) is 1.53. The molecule has 6 nitrogen and oxygen atoms in total. The second kappa shape index (κ2) is 9.06. The largest absolute Gasteiger partial charge is 0.495 e. The van der Waals surface area contributed by atoms with Gasteiger partial charge in [-0.2, -0.15) is 0 Å². The van der Waals surface area contributed by atoms with Gasteiger partial charge in [0.05, 0.1) is 25.1 Å². The molecule has 174 valence electrons. The fourth-order valence-electron chi connectivity index (χ4n) is 5.70. The van der Waals surface area contributed by atoms with E-state index in [1.807, 2.05) is 55.5 Å². The number of rotatable bonds is 7. The maximum atomic E-state index is 12.7. The van der Waals surface area contributed by atoms with Crippen molar-refractivity contribution in [2.45, 2.75) is 24.0 Å². The zero-order chi connectivity index (χ0) is 23.8. The number of hydrogen-bond acceptors (Lipinski definition) is 6. The number of methoxy groups -OCH3 is 1. The van der Waals surface area contributed by atoms with Gasteiger partial charge in [-0.3, -0.25) is 4.98 Å². The maximum Gasteiger partial charge on any atom is 0.174 e. The lowest BCUT2D eigenvalue weighted by atomic mass is 9.69. The van der Waals surface area contributed by atoms with E-state index in [0.717, 1.165) is 10.0 Å². The zero-order valence-corrected chi connectivity index (χ0v) is 20.3. The van der Waals surface area contributed by atoms with Gasteiger partial charge in [0.2, 0.25) is 0 Å². The highest BCUT2D eigenvalue weighted by atomic mass is 79.9. The number of pyridine rings is 1. The Kier molecular flexibility index (Phi) is 6.51. The number of ether oxygens (including phenoxy) is 2. The lowest BCUT2D eigenvalue weighted by molar-refractivity contribution is -0.0996. The number of aliphatic hydroxyl groups excluding tert-OH is 1. The van der Waals surface area contributed by atoms with Crippen LogP contribution in [0, 0.1) is 11.8 Å². The number of benzene rings is 1. The minimum Gasteiger partial charge on any atom is -0.495 e. The average molecular weight is 513 g/mol. The van der Waals surface area contributed by atoms with Gasteiger partial charge in [-0.1, -0.05) is 65.0 Å². The first-order valence-corrected chi connectivity index (χ1v) is 11.7. The van der Waals surface area contributed by atoms with Crippen molar-refractivity contribution in [1.29, 1.82) is 0 Å². The zero-order valence-electron chi connectivity index (χ0n) is 18.7. The number of aliphatic hydroxyl groups is 2. The quantitative estimate of drug-likeness (QED) is 0.488. The lowest BCUT2D eigenvalue weighted by Crippen LogP contribution is -2.54. The molecule has 1 fully saturated rings. The van der Waals surface area contributed by atoms with Crippen LogP contribution in [0.4, 0.5) is 0 Å². The first-order valence-electron chi connectivity index (χ1n) is 10.9. The number of nitrogens with zero attached hydrogens (tertiary/aromatic N) is 1. The summed E-state index contributed by atoms with van der Waals surface area (Å²) in [5.41, 5.74) is 5.32. The van der Waals surface area contributed by atoms with Crippen molar-refractivity contribution in [3.8, 4) is 11.5 Å². The predicted octanol–water partition coefficient (Wildman–Crippen LogP) is 3.80. The van der Waals surface area contributed by atoms with Gasteiger partial charge >= 0.3 is 0 Å². The molecule has 2 heterocycles. The molecule has 1 saturated carbocycles. The normalized spacial score (nSPS) is 30.7. The molecule has 2 aliphatic rings. The monoisotopic (exact) mass is 512 g/mol. The van der Waals surface area contributed by atoms with Crippen LogP contribution in [0.2, 0.25) is 0 Å². The van der Waals surface area contributed by atoms with Crippen LogP contribution in [0.1, 0.15) is 24.0 Å². The summed E-state index contributed by atoms with van der Waals surface area (Å²) in [6, 6.07) is 9.77. The van der Waals surface area contributed by atoms with E-state index in [1.165, 1.54) is 7.11 Å². The Morgan fingerprint density at radius 2 is 2.03 bits per heavy atom. The first kappa shape index (κ1) is 23.7. The third-order valence-electron chi connectivity index (χ3n) is 7.05. The predicted molar refractivity (Wildman–Crippen MR) is 131 cm³/mol. The highest BCUT2D eigenvalue weighted by molar-refractivity contribution is 9.11. The van der Waals surface area contributed by atoms with Crippen LogP contribution >= 0.6 is 15.9 Å². The molecule has 4 N–H and O–H groups in total. The van der Waals surface area contributed by atoms with Crippen molar-refractivity contribution in [2.24, 2.45) is 17.6 Å². The van der Waals surface area contributed by atoms with Crippen molar-refractivity contribution in [1.82, 2.24) is 4.98 Å².